The van der Waals surface area contributed by atoms with Gasteiger partial charge in [0.15, 0.2) is 0 Å². The molecular formula is C9H16N2O3S. The average molecular weight is 232 g/mol. The molecule has 0 aromatic rings. The van der Waals surface area contributed by atoms with Crippen LogP contribution >= 0.6 is 0 Å². The molecule has 0 bridgehead atoms. The van der Waals surface area contributed by atoms with Gasteiger partial charge < -0.3 is 4.90 Å². The van der Waals surface area contributed by atoms with Crippen molar-refractivity contribution in [3.8, 4) is 6.07 Å². The Labute approximate surface area is 90.6 Å². The molecule has 0 aliphatic heterocycles. The number of hydrogen-bond donors (Lipinski definition) is 0. The van der Waals surface area contributed by atoms with Crippen molar-refractivity contribution in [2.45, 2.75) is 13.8 Å². The molecule has 86 valence electrons. The quantitative estimate of drug-likeness (QED) is 0.685. The van der Waals surface area contributed by atoms with Crippen molar-refractivity contribution in [2.75, 3.05) is 25.6 Å². The van der Waals surface area contributed by atoms with Crippen LogP contribution in [0.2, 0.25) is 0 Å². The first-order chi connectivity index (χ1) is 6.60. The molecule has 0 fully saturated rings. The summed E-state index contributed by atoms with van der Waals surface area (Å²) in [4.78, 5) is 12.9. The molecule has 0 radical (unpaired) electrons. The van der Waals surface area contributed by atoms with Gasteiger partial charge in [-0.1, -0.05) is 0 Å². The van der Waals surface area contributed by atoms with Crippen LogP contribution in [0, 0.1) is 16.7 Å². The molecule has 0 aromatic carbocycles. The topological polar surface area (TPSA) is 78.2 Å². The Morgan fingerprint density at radius 1 is 1.47 bits per heavy atom. The average Bonchev–Trinajstić information content (AvgIpc) is 2.11. The van der Waals surface area contributed by atoms with E-state index in [2.05, 4.69) is 0 Å². The molecule has 5 nitrogen and oxygen atoms in total. The van der Waals surface area contributed by atoms with Crippen molar-refractivity contribution >= 4 is 15.7 Å². The van der Waals surface area contributed by atoms with Crippen LogP contribution in [0.5, 0.6) is 0 Å². The van der Waals surface area contributed by atoms with E-state index < -0.39 is 15.3 Å². The number of carbonyl (C=O) groups is 1. The fourth-order valence-corrected chi connectivity index (χ4v) is 1.53. The molecule has 0 heterocycles. The first kappa shape index (κ1) is 13.9. The van der Waals surface area contributed by atoms with Crippen molar-refractivity contribution in [1.29, 1.82) is 5.26 Å². The summed E-state index contributed by atoms with van der Waals surface area (Å²) < 4.78 is 21.7. The predicted octanol–water partition coefficient (Wildman–Crippen LogP) is 0.0392. The lowest BCUT2D eigenvalue weighted by Crippen LogP contribution is -2.39. The van der Waals surface area contributed by atoms with Gasteiger partial charge in [0.2, 0.25) is 5.91 Å². The predicted molar refractivity (Wildman–Crippen MR) is 56.7 cm³/mol. The number of nitrogens with zero attached hydrogens (tertiary/aromatic N) is 2. The standard InChI is InChI=1S/C9H16N2O3S/c1-9(2,7-10)8(12)11(3)5-6-15(4,13)14/h5-6H2,1-4H3. The number of hydrogen-bond acceptors (Lipinski definition) is 4. The molecule has 15 heavy (non-hydrogen) atoms. The van der Waals surface area contributed by atoms with E-state index in [0.29, 0.717) is 0 Å². The largest absolute Gasteiger partial charge is 0.343 e. The van der Waals surface area contributed by atoms with E-state index >= 15 is 0 Å². The Bertz CT molecular complexity index is 379. The molecule has 0 atom stereocenters. The number of rotatable bonds is 4. The van der Waals surface area contributed by atoms with Crippen LogP contribution in [0.3, 0.4) is 0 Å². The Kier molecular flexibility index (Phi) is 4.28. The smallest absolute Gasteiger partial charge is 0.242 e. The first-order valence-electron chi connectivity index (χ1n) is 4.45. The van der Waals surface area contributed by atoms with Crippen LogP contribution in [-0.2, 0) is 14.6 Å². The van der Waals surface area contributed by atoms with Gasteiger partial charge in [0, 0.05) is 19.8 Å². The summed E-state index contributed by atoms with van der Waals surface area (Å²) in [7, 11) is -1.59. The summed E-state index contributed by atoms with van der Waals surface area (Å²) >= 11 is 0. The van der Waals surface area contributed by atoms with Crippen molar-refractivity contribution in [1.82, 2.24) is 4.90 Å². The Morgan fingerprint density at radius 3 is 2.27 bits per heavy atom. The highest BCUT2D eigenvalue weighted by molar-refractivity contribution is 7.90. The van der Waals surface area contributed by atoms with Gasteiger partial charge in [-0.3, -0.25) is 4.79 Å². The first-order valence-corrected chi connectivity index (χ1v) is 6.51. The van der Waals surface area contributed by atoms with Gasteiger partial charge in [0.05, 0.1) is 11.8 Å². The van der Waals surface area contributed by atoms with Crippen molar-refractivity contribution in [3.63, 3.8) is 0 Å². The minimum atomic E-state index is -3.08. The fraction of sp³-hybridized carbons (Fsp3) is 0.778. The Balaban J connectivity index is 4.44. The maximum absolute atomic E-state index is 11.6. The summed E-state index contributed by atoms with van der Waals surface area (Å²) in [6.07, 6.45) is 1.11. The van der Waals surface area contributed by atoms with E-state index in [1.165, 1.54) is 25.8 Å². The summed E-state index contributed by atoms with van der Waals surface area (Å²) in [6, 6.07) is 1.88. The van der Waals surface area contributed by atoms with Crippen LogP contribution in [0.25, 0.3) is 0 Å². The zero-order chi connectivity index (χ0) is 12.3. The molecule has 0 spiro atoms. The second kappa shape index (κ2) is 4.62. The molecule has 6 heteroatoms. The van der Waals surface area contributed by atoms with E-state index in [9.17, 15) is 13.2 Å². The SMILES string of the molecule is CN(CCS(C)(=O)=O)C(=O)C(C)(C)C#N. The molecular weight excluding hydrogens is 216 g/mol. The van der Waals surface area contributed by atoms with Crippen LogP contribution in [0.4, 0.5) is 0 Å². The number of amides is 1. The summed E-state index contributed by atoms with van der Waals surface area (Å²) in [5, 5.41) is 8.73. The zero-order valence-corrected chi connectivity index (χ0v) is 10.3. The zero-order valence-electron chi connectivity index (χ0n) is 9.44. The Morgan fingerprint density at radius 2 is 1.93 bits per heavy atom. The third kappa shape index (κ3) is 4.79. The van der Waals surface area contributed by atoms with E-state index in [-0.39, 0.29) is 18.2 Å². The molecule has 0 aromatic heterocycles. The van der Waals surface area contributed by atoms with E-state index in [1.807, 2.05) is 6.07 Å². The number of carbonyl (C=O) groups excluding carboxylic acids is 1. The van der Waals surface area contributed by atoms with Crippen molar-refractivity contribution < 1.29 is 13.2 Å². The molecule has 1 amide bonds. The van der Waals surface area contributed by atoms with Gasteiger partial charge in [-0.2, -0.15) is 5.26 Å². The molecule has 0 unspecified atom stereocenters. The van der Waals surface area contributed by atoms with Gasteiger partial charge in [-0.15, -0.1) is 0 Å². The molecule has 0 aliphatic rings. The van der Waals surface area contributed by atoms with Crippen LogP contribution in [0.15, 0.2) is 0 Å². The fourth-order valence-electron chi connectivity index (χ4n) is 0.929. The lowest BCUT2D eigenvalue weighted by Gasteiger charge is -2.23. The molecule has 0 N–H and O–H groups in total. The highest BCUT2D eigenvalue weighted by atomic mass is 32.2. The van der Waals surface area contributed by atoms with Gasteiger partial charge in [0.25, 0.3) is 0 Å². The lowest BCUT2D eigenvalue weighted by molar-refractivity contribution is -0.135. The highest BCUT2D eigenvalue weighted by Gasteiger charge is 2.30. The number of nitriles is 1. The molecule has 0 aliphatic carbocycles. The number of sulfone groups is 1. The minimum absolute atomic E-state index is 0.0866. The maximum Gasteiger partial charge on any atom is 0.242 e. The summed E-state index contributed by atoms with van der Waals surface area (Å²) in [6.45, 7) is 3.13. The van der Waals surface area contributed by atoms with E-state index in [1.54, 1.807) is 0 Å². The summed E-state index contributed by atoms with van der Waals surface area (Å²) in [5.74, 6) is -0.454. The van der Waals surface area contributed by atoms with Crippen LogP contribution in [-0.4, -0.2) is 44.8 Å². The molecule has 0 rings (SSSR count). The third-order valence-electron chi connectivity index (χ3n) is 1.96. The Hall–Kier alpha value is -1.09. The second-order valence-electron chi connectivity index (χ2n) is 4.09. The summed E-state index contributed by atoms with van der Waals surface area (Å²) in [5.41, 5.74) is -1.10. The van der Waals surface area contributed by atoms with Crippen molar-refractivity contribution in [3.05, 3.63) is 0 Å². The second-order valence-corrected chi connectivity index (χ2v) is 6.35. The maximum atomic E-state index is 11.6. The van der Waals surface area contributed by atoms with Gasteiger partial charge >= 0.3 is 0 Å². The van der Waals surface area contributed by atoms with Crippen LogP contribution in [0.1, 0.15) is 13.8 Å². The highest BCUT2D eigenvalue weighted by Crippen LogP contribution is 2.16. The minimum Gasteiger partial charge on any atom is -0.343 e. The lowest BCUT2D eigenvalue weighted by atomic mass is 9.94. The van der Waals surface area contributed by atoms with Crippen molar-refractivity contribution in [2.24, 2.45) is 5.41 Å². The van der Waals surface area contributed by atoms with Gasteiger partial charge in [-0.25, -0.2) is 8.42 Å². The third-order valence-corrected chi connectivity index (χ3v) is 2.88. The normalized spacial score (nSPS) is 11.9. The van der Waals surface area contributed by atoms with Gasteiger partial charge in [-0.05, 0) is 13.8 Å². The molecule has 0 saturated carbocycles. The van der Waals surface area contributed by atoms with Gasteiger partial charge in [0.1, 0.15) is 15.3 Å². The van der Waals surface area contributed by atoms with E-state index in [0.717, 1.165) is 6.26 Å². The van der Waals surface area contributed by atoms with Crippen LogP contribution < -0.4 is 0 Å². The molecule has 0 saturated heterocycles. The monoisotopic (exact) mass is 232 g/mol. The van der Waals surface area contributed by atoms with E-state index in [4.69, 9.17) is 5.26 Å².